The van der Waals surface area contributed by atoms with Gasteiger partial charge in [0.05, 0.1) is 17.3 Å². The molecule has 0 bridgehead atoms. The van der Waals surface area contributed by atoms with E-state index in [9.17, 15) is 16.8 Å². The van der Waals surface area contributed by atoms with Gasteiger partial charge in [-0.15, -0.1) is 0 Å². The van der Waals surface area contributed by atoms with E-state index < -0.39 is 19.9 Å². The Kier molecular flexibility index (Phi) is 6.85. The Hall–Kier alpha value is -2.10. The molecule has 0 aliphatic rings. The van der Waals surface area contributed by atoms with Gasteiger partial charge < -0.3 is 9.64 Å². The standard InChI is InChI=1S/C18H24N2O5S2/c1-3-25-17-8-4-15(5-9-17)14-20(12-13-26(2,21)22)16-6-10-18(11-7-16)27(19,23)24/h4-11H,3,12-14H2,1-2H3,(H2,19,23,24). The van der Waals surface area contributed by atoms with Crippen molar-refractivity contribution in [3.63, 3.8) is 0 Å². The Labute approximate surface area is 160 Å². The maximum absolute atomic E-state index is 11.6. The van der Waals surface area contributed by atoms with Crippen molar-refractivity contribution in [1.82, 2.24) is 0 Å². The fraction of sp³-hybridized carbons (Fsp3) is 0.333. The molecule has 0 amide bonds. The molecule has 27 heavy (non-hydrogen) atoms. The summed E-state index contributed by atoms with van der Waals surface area (Å²) in [4.78, 5) is 1.89. The van der Waals surface area contributed by atoms with Crippen LogP contribution in [0.2, 0.25) is 0 Å². The fourth-order valence-electron chi connectivity index (χ4n) is 2.50. The van der Waals surface area contributed by atoms with Gasteiger partial charge in [0.15, 0.2) is 0 Å². The molecule has 0 aliphatic heterocycles. The highest BCUT2D eigenvalue weighted by molar-refractivity contribution is 7.90. The van der Waals surface area contributed by atoms with E-state index in [0.717, 1.165) is 11.3 Å². The molecule has 7 nitrogen and oxygen atoms in total. The molecule has 0 spiro atoms. The van der Waals surface area contributed by atoms with Crippen molar-refractivity contribution in [2.24, 2.45) is 5.14 Å². The molecule has 0 fully saturated rings. The van der Waals surface area contributed by atoms with Gasteiger partial charge in [-0.1, -0.05) is 12.1 Å². The SMILES string of the molecule is CCOc1ccc(CN(CCS(C)(=O)=O)c2ccc(S(N)(=O)=O)cc2)cc1. The number of anilines is 1. The fourth-order valence-corrected chi connectivity index (χ4v) is 3.57. The molecule has 0 unspecified atom stereocenters. The number of sulfone groups is 1. The Balaban J connectivity index is 2.25. The van der Waals surface area contributed by atoms with E-state index in [-0.39, 0.29) is 17.2 Å². The molecule has 0 atom stereocenters. The first-order valence-electron chi connectivity index (χ1n) is 8.36. The Morgan fingerprint density at radius 1 is 0.963 bits per heavy atom. The van der Waals surface area contributed by atoms with Crippen LogP contribution in [0, 0.1) is 0 Å². The first-order chi connectivity index (χ1) is 12.6. The molecular weight excluding hydrogens is 388 g/mol. The van der Waals surface area contributed by atoms with Gasteiger partial charge in [0.25, 0.3) is 0 Å². The average Bonchev–Trinajstić information content (AvgIpc) is 2.59. The molecule has 0 saturated heterocycles. The Morgan fingerprint density at radius 3 is 2.04 bits per heavy atom. The lowest BCUT2D eigenvalue weighted by atomic mass is 10.2. The quantitative estimate of drug-likeness (QED) is 0.673. The predicted octanol–water partition coefficient (Wildman–Crippen LogP) is 1.78. The number of benzene rings is 2. The molecule has 2 aromatic rings. The number of sulfonamides is 1. The molecule has 0 aromatic heterocycles. The number of hydrogen-bond acceptors (Lipinski definition) is 6. The second-order valence-corrected chi connectivity index (χ2v) is 9.99. The zero-order valence-corrected chi connectivity index (χ0v) is 17.0. The summed E-state index contributed by atoms with van der Waals surface area (Å²) in [5, 5.41) is 5.13. The van der Waals surface area contributed by atoms with Crippen molar-refractivity contribution in [3.8, 4) is 5.75 Å². The molecule has 9 heteroatoms. The topological polar surface area (TPSA) is 107 Å². The highest BCUT2D eigenvalue weighted by Crippen LogP contribution is 2.21. The minimum absolute atomic E-state index is 0.00961. The van der Waals surface area contributed by atoms with Crippen molar-refractivity contribution < 1.29 is 21.6 Å². The van der Waals surface area contributed by atoms with Crippen LogP contribution in [0.1, 0.15) is 12.5 Å². The molecule has 2 rings (SSSR count). The van der Waals surface area contributed by atoms with Crippen molar-refractivity contribution >= 4 is 25.5 Å². The average molecular weight is 413 g/mol. The lowest BCUT2D eigenvalue weighted by Crippen LogP contribution is -2.28. The van der Waals surface area contributed by atoms with Gasteiger partial charge >= 0.3 is 0 Å². The number of ether oxygens (including phenoxy) is 1. The van der Waals surface area contributed by atoms with Gasteiger partial charge in [0, 0.05) is 25.0 Å². The molecule has 2 aromatic carbocycles. The molecular formula is C18H24N2O5S2. The molecule has 0 heterocycles. The summed E-state index contributed by atoms with van der Waals surface area (Å²) in [6.07, 6.45) is 1.19. The highest BCUT2D eigenvalue weighted by atomic mass is 32.2. The van der Waals surface area contributed by atoms with Crippen LogP contribution >= 0.6 is 0 Å². The van der Waals surface area contributed by atoms with E-state index in [0.29, 0.717) is 18.8 Å². The van der Waals surface area contributed by atoms with Crippen LogP contribution in [0.5, 0.6) is 5.75 Å². The lowest BCUT2D eigenvalue weighted by molar-refractivity contribution is 0.340. The summed E-state index contributed by atoms with van der Waals surface area (Å²) in [6.45, 7) is 3.24. The Bertz CT molecular complexity index is 954. The summed E-state index contributed by atoms with van der Waals surface area (Å²) in [7, 11) is -6.92. The first kappa shape index (κ1) is 21.2. The summed E-state index contributed by atoms with van der Waals surface area (Å²) >= 11 is 0. The number of hydrogen-bond donors (Lipinski definition) is 1. The smallest absolute Gasteiger partial charge is 0.238 e. The summed E-state index contributed by atoms with van der Waals surface area (Å²) in [5.74, 6) is 0.752. The minimum Gasteiger partial charge on any atom is -0.494 e. The van der Waals surface area contributed by atoms with Crippen LogP contribution in [0.4, 0.5) is 5.69 Å². The highest BCUT2D eigenvalue weighted by Gasteiger charge is 2.13. The van der Waals surface area contributed by atoms with Crippen molar-refractivity contribution in [1.29, 1.82) is 0 Å². The van der Waals surface area contributed by atoms with E-state index in [4.69, 9.17) is 9.88 Å². The maximum Gasteiger partial charge on any atom is 0.238 e. The summed E-state index contributed by atoms with van der Waals surface area (Å²) in [6, 6.07) is 13.6. The summed E-state index contributed by atoms with van der Waals surface area (Å²) < 4.78 is 51.4. The normalized spacial score (nSPS) is 12.0. The van der Waals surface area contributed by atoms with Crippen LogP contribution in [0.15, 0.2) is 53.4 Å². The zero-order chi connectivity index (χ0) is 20.1. The predicted molar refractivity (Wildman–Crippen MR) is 106 cm³/mol. The summed E-state index contributed by atoms with van der Waals surface area (Å²) in [5.41, 5.74) is 1.68. The largest absolute Gasteiger partial charge is 0.494 e. The van der Waals surface area contributed by atoms with E-state index >= 15 is 0 Å². The van der Waals surface area contributed by atoms with Gasteiger partial charge in [0.2, 0.25) is 10.0 Å². The number of rotatable bonds is 9. The third-order valence-electron chi connectivity index (χ3n) is 3.87. The van der Waals surface area contributed by atoms with E-state index in [1.54, 1.807) is 12.1 Å². The van der Waals surface area contributed by atoms with Crippen molar-refractivity contribution in [2.75, 3.05) is 30.1 Å². The van der Waals surface area contributed by atoms with E-state index in [2.05, 4.69) is 0 Å². The second-order valence-electron chi connectivity index (χ2n) is 6.17. The van der Waals surface area contributed by atoms with Gasteiger partial charge in [-0.3, -0.25) is 0 Å². The first-order valence-corrected chi connectivity index (χ1v) is 12.0. The second kappa shape index (κ2) is 8.73. The van der Waals surface area contributed by atoms with E-state index in [1.807, 2.05) is 36.1 Å². The van der Waals surface area contributed by atoms with Gasteiger partial charge in [-0.25, -0.2) is 22.0 Å². The van der Waals surface area contributed by atoms with Crippen LogP contribution in [-0.4, -0.2) is 42.0 Å². The third kappa shape index (κ3) is 6.85. The van der Waals surface area contributed by atoms with Crippen LogP contribution in [-0.2, 0) is 26.4 Å². The molecule has 0 aliphatic carbocycles. The van der Waals surface area contributed by atoms with Crippen LogP contribution in [0.25, 0.3) is 0 Å². The number of primary sulfonamides is 1. The molecule has 0 radical (unpaired) electrons. The van der Waals surface area contributed by atoms with Crippen LogP contribution < -0.4 is 14.8 Å². The zero-order valence-electron chi connectivity index (χ0n) is 15.3. The van der Waals surface area contributed by atoms with Crippen molar-refractivity contribution in [2.45, 2.75) is 18.4 Å². The monoisotopic (exact) mass is 412 g/mol. The van der Waals surface area contributed by atoms with Gasteiger partial charge in [0.1, 0.15) is 15.6 Å². The number of nitrogens with zero attached hydrogens (tertiary/aromatic N) is 1. The van der Waals surface area contributed by atoms with Gasteiger partial charge in [-0.05, 0) is 48.9 Å². The Morgan fingerprint density at radius 2 is 1.56 bits per heavy atom. The van der Waals surface area contributed by atoms with E-state index in [1.165, 1.54) is 18.4 Å². The van der Waals surface area contributed by atoms with Crippen LogP contribution in [0.3, 0.4) is 0 Å². The molecule has 2 N–H and O–H groups in total. The minimum atomic E-state index is -3.78. The maximum atomic E-state index is 11.6. The molecule has 0 saturated carbocycles. The third-order valence-corrected chi connectivity index (χ3v) is 5.72. The number of nitrogens with two attached hydrogens (primary N) is 1. The van der Waals surface area contributed by atoms with Gasteiger partial charge in [-0.2, -0.15) is 0 Å². The van der Waals surface area contributed by atoms with Crippen molar-refractivity contribution in [3.05, 3.63) is 54.1 Å². The lowest BCUT2D eigenvalue weighted by Gasteiger charge is -2.25. The molecule has 148 valence electrons.